The minimum Gasteiger partial charge on any atom is -0.487 e. The third kappa shape index (κ3) is 4.16. The maximum Gasteiger partial charge on any atom is 0.341 e. The third-order valence-electron chi connectivity index (χ3n) is 5.89. The van der Waals surface area contributed by atoms with Crippen molar-refractivity contribution in [3.05, 3.63) is 47.4 Å². The number of morpholine rings is 1. The van der Waals surface area contributed by atoms with Crippen molar-refractivity contribution < 1.29 is 23.8 Å². The highest BCUT2D eigenvalue weighted by Gasteiger charge is 2.32. The van der Waals surface area contributed by atoms with E-state index >= 15 is 0 Å². The van der Waals surface area contributed by atoms with Crippen molar-refractivity contribution >= 4 is 28.9 Å². The molecule has 0 atom stereocenters. The summed E-state index contributed by atoms with van der Waals surface area (Å²) in [6.45, 7) is 8.79. The van der Waals surface area contributed by atoms with Crippen LogP contribution < -0.4 is 15.0 Å². The zero-order chi connectivity index (χ0) is 23.9. The Morgan fingerprint density at radius 1 is 1.21 bits per heavy atom. The smallest absolute Gasteiger partial charge is 0.341 e. The number of benzene rings is 1. The molecule has 1 N–H and O–H groups in total. The van der Waals surface area contributed by atoms with E-state index in [1.54, 1.807) is 6.92 Å². The molecule has 1 saturated heterocycles. The molecule has 2 aliphatic rings. The van der Waals surface area contributed by atoms with Crippen LogP contribution in [0.15, 0.2) is 30.7 Å². The number of rotatable bonds is 5. The van der Waals surface area contributed by atoms with Gasteiger partial charge in [0.2, 0.25) is 0 Å². The number of ether oxygens (including phenoxy) is 3. The van der Waals surface area contributed by atoms with Crippen LogP contribution in [0.3, 0.4) is 0 Å². The Kier molecular flexibility index (Phi) is 5.60. The number of fused-ring (bicyclic) bond motifs is 2. The molecule has 34 heavy (non-hydrogen) atoms. The van der Waals surface area contributed by atoms with Gasteiger partial charge in [0, 0.05) is 43.5 Å². The van der Waals surface area contributed by atoms with Crippen LogP contribution >= 0.6 is 0 Å². The molecular weight excluding hydrogens is 438 g/mol. The summed E-state index contributed by atoms with van der Waals surface area (Å²) in [4.78, 5) is 31.8. The first-order valence-electron chi connectivity index (χ1n) is 11.3. The van der Waals surface area contributed by atoms with Gasteiger partial charge in [0.1, 0.15) is 16.9 Å². The number of nitrogens with one attached hydrogen (secondary N) is 1. The highest BCUT2D eigenvalue weighted by atomic mass is 16.5. The van der Waals surface area contributed by atoms with E-state index in [4.69, 9.17) is 14.2 Å². The van der Waals surface area contributed by atoms with Crippen LogP contribution in [0.4, 0.5) is 11.4 Å². The Morgan fingerprint density at radius 3 is 2.76 bits per heavy atom. The Labute approximate surface area is 196 Å². The van der Waals surface area contributed by atoms with Gasteiger partial charge >= 0.3 is 5.97 Å². The highest BCUT2D eigenvalue weighted by Crippen LogP contribution is 2.42. The SMILES string of the molecule is CCOC(=O)c1cnc2c(C(=O)Nc3cc4c(cc3N3CCOCC3)OC(C)(C)C4)cnn2c1. The van der Waals surface area contributed by atoms with Gasteiger partial charge in [0.05, 0.1) is 43.0 Å². The molecule has 0 bridgehead atoms. The standard InChI is InChI=1S/C24H27N5O5/c1-4-33-23(31)16-12-25-21-17(13-26-29(21)14-16)22(30)27-18-9-15-11-24(2,3)34-20(15)10-19(18)28-5-7-32-8-6-28/h9-10,12-14H,4-8,11H2,1-3H3,(H,27,30). The van der Waals surface area contributed by atoms with Crippen molar-refractivity contribution in [1.82, 2.24) is 14.6 Å². The summed E-state index contributed by atoms with van der Waals surface area (Å²) in [5.74, 6) is 0.0180. The number of anilines is 2. The average molecular weight is 466 g/mol. The number of esters is 1. The predicted octanol–water partition coefficient (Wildman–Crippen LogP) is 2.71. The zero-order valence-electron chi connectivity index (χ0n) is 19.5. The molecule has 3 aromatic rings. The number of hydrogen-bond acceptors (Lipinski definition) is 8. The van der Waals surface area contributed by atoms with Crippen LogP contribution in [0.2, 0.25) is 0 Å². The van der Waals surface area contributed by atoms with Crippen molar-refractivity contribution in [3.63, 3.8) is 0 Å². The van der Waals surface area contributed by atoms with Crippen LogP contribution in [0.25, 0.3) is 5.65 Å². The first-order valence-corrected chi connectivity index (χ1v) is 11.3. The minimum absolute atomic E-state index is 0.262. The largest absolute Gasteiger partial charge is 0.487 e. The topological polar surface area (TPSA) is 107 Å². The van der Waals surface area contributed by atoms with Gasteiger partial charge in [0.25, 0.3) is 5.91 Å². The molecule has 2 aromatic heterocycles. The third-order valence-corrected chi connectivity index (χ3v) is 5.89. The van der Waals surface area contributed by atoms with Gasteiger partial charge in [-0.15, -0.1) is 0 Å². The van der Waals surface area contributed by atoms with Gasteiger partial charge in [-0.1, -0.05) is 0 Å². The Bertz CT molecular complexity index is 1260. The highest BCUT2D eigenvalue weighted by molar-refractivity contribution is 6.09. The van der Waals surface area contributed by atoms with E-state index in [0.717, 1.165) is 36.5 Å². The lowest BCUT2D eigenvalue weighted by Gasteiger charge is -2.31. The first kappa shape index (κ1) is 22.1. The molecule has 5 rings (SSSR count). The van der Waals surface area contributed by atoms with E-state index in [1.165, 1.54) is 23.1 Å². The molecule has 0 saturated carbocycles. The van der Waals surface area contributed by atoms with Crippen molar-refractivity contribution in [2.45, 2.75) is 32.8 Å². The summed E-state index contributed by atoms with van der Waals surface area (Å²) in [5, 5.41) is 7.27. The van der Waals surface area contributed by atoms with E-state index in [1.807, 2.05) is 12.1 Å². The molecule has 0 unspecified atom stereocenters. The molecule has 1 fully saturated rings. The maximum absolute atomic E-state index is 13.3. The summed E-state index contributed by atoms with van der Waals surface area (Å²) < 4.78 is 18.1. The fourth-order valence-electron chi connectivity index (χ4n) is 4.35. The van der Waals surface area contributed by atoms with Gasteiger partial charge in [-0.05, 0) is 26.8 Å². The molecule has 0 aliphatic carbocycles. The molecular formula is C24H27N5O5. The quantitative estimate of drug-likeness (QED) is 0.573. The van der Waals surface area contributed by atoms with E-state index in [9.17, 15) is 9.59 Å². The van der Waals surface area contributed by atoms with Gasteiger partial charge < -0.3 is 24.4 Å². The molecule has 0 spiro atoms. The fourth-order valence-corrected chi connectivity index (χ4v) is 4.35. The molecule has 1 aromatic carbocycles. The lowest BCUT2D eigenvalue weighted by Crippen LogP contribution is -2.36. The van der Waals surface area contributed by atoms with Gasteiger partial charge in [-0.3, -0.25) is 4.79 Å². The van der Waals surface area contributed by atoms with Crippen molar-refractivity contribution in [1.29, 1.82) is 0 Å². The molecule has 10 nitrogen and oxygen atoms in total. The van der Waals surface area contributed by atoms with Gasteiger partial charge in [0.15, 0.2) is 5.65 Å². The number of nitrogens with zero attached hydrogens (tertiary/aromatic N) is 4. The van der Waals surface area contributed by atoms with Crippen LogP contribution in [0, 0.1) is 0 Å². The summed E-state index contributed by atoms with van der Waals surface area (Å²) >= 11 is 0. The van der Waals surface area contributed by atoms with E-state index < -0.39 is 5.97 Å². The lowest BCUT2D eigenvalue weighted by atomic mass is 10.0. The van der Waals surface area contributed by atoms with Crippen LogP contribution in [-0.4, -0.2) is 65.0 Å². The van der Waals surface area contributed by atoms with Crippen molar-refractivity contribution in [3.8, 4) is 5.75 Å². The zero-order valence-corrected chi connectivity index (χ0v) is 19.5. The van der Waals surface area contributed by atoms with Crippen molar-refractivity contribution in [2.24, 2.45) is 0 Å². The first-order chi connectivity index (χ1) is 16.3. The molecule has 10 heteroatoms. The number of amides is 1. The second-order valence-corrected chi connectivity index (χ2v) is 8.96. The number of carbonyl (C=O) groups is 2. The van der Waals surface area contributed by atoms with Crippen LogP contribution in [0.1, 0.15) is 47.1 Å². The molecule has 4 heterocycles. The Morgan fingerprint density at radius 2 is 2.00 bits per heavy atom. The Balaban J connectivity index is 1.46. The van der Waals surface area contributed by atoms with Gasteiger partial charge in [-0.2, -0.15) is 5.10 Å². The van der Waals surface area contributed by atoms with Crippen molar-refractivity contribution in [2.75, 3.05) is 43.1 Å². The second kappa shape index (κ2) is 8.60. The summed E-state index contributed by atoms with van der Waals surface area (Å²) in [7, 11) is 0. The number of aromatic nitrogens is 3. The summed E-state index contributed by atoms with van der Waals surface area (Å²) in [6, 6.07) is 4.00. The number of hydrogen-bond donors (Lipinski definition) is 1. The predicted molar refractivity (Wildman–Crippen MR) is 125 cm³/mol. The Hall–Kier alpha value is -3.66. The molecule has 0 radical (unpaired) electrons. The normalized spacial score (nSPS) is 16.7. The van der Waals surface area contributed by atoms with E-state index in [-0.39, 0.29) is 23.7 Å². The average Bonchev–Trinajstić information content (AvgIpc) is 3.37. The molecule has 178 valence electrons. The fraction of sp³-hybridized carbons (Fsp3) is 0.417. The van der Waals surface area contributed by atoms with Crippen LogP contribution in [0.5, 0.6) is 5.75 Å². The summed E-state index contributed by atoms with van der Waals surface area (Å²) in [6.07, 6.45) is 5.09. The lowest BCUT2D eigenvalue weighted by molar-refractivity contribution is 0.0525. The number of carbonyl (C=O) groups excluding carboxylic acids is 2. The monoisotopic (exact) mass is 465 g/mol. The maximum atomic E-state index is 13.3. The minimum atomic E-state index is -0.489. The summed E-state index contributed by atoms with van der Waals surface area (Å²) in [5.41, 5.74) is 3.27. The molecule has 1 amide bonds. The van der Waals surface area contributed by atoms with E-state index in [0.29, 0.717) is 30.1 Å². The molecule has 2 aliphatic heterocycles. The second-order valence-electron chi connectivity index (χ2n) is 8.96. The van der Waals surface area contributed by atoms with Gasteiger partial charge in [-0.25, -0.2) is 14.3 Å². The van der Waals surface area contributed by atoms with E-state index in [2.05, 4.69) is 34.1 Å². The van der Waals surface area contributed by atoms with Crippen LogP contribution in [-0.2, 0) is 15.9 Å².